The minimum absolute atomic E-state index is 0.0281. The smallest absolute Gasteiger partial charge is 0.313 e. The molecule has 1 fully saturated rings. The lowest BCUT2D eigenvalue weighted by Crippen LogP contribution is -2.47. The second kappa shape index (κ2) is 9.97. The van der Waals surface area contributed by atoms with Gasteiger partial charge in [-0.3, -0.25) is 14.5 Å². The van der Waals surface area contributed by atoms with Gasteiger partial charge in [-0.1, -0.05) is 18.2 Å². The number of anilines is 2. The number of carbonyl (C=O) groups is 2. The van der Waals surface area contributed by atoms with Crippen LogP contribution in [0.4, 0.5) is 20.2 Å². The van der Waals surface area contributed by atoms with Crippen LogP contribution in [0.15, 0.2) is 48.5 Å². The highest BCUT2D eigenvalue weighted by molar-refractivity contribution is 6.39. The van der Waals surface area contributed by atoms with Crippen molar-refractivity contribution in [3.05, 3.63) is 60.2 Å². The highest BCUT2D eigenvalue weighted by atomic mass is 19.2. The predicted octanol–water partition coefficient (Wildman–Crippen LogP) is 2.23. The summed E-state index contributed by atoms with van der Waals surface area (Å²) in [7, 11) is 0. The molecule has 1 aliphatic heterocycles. The minimum atomic E-state index is -1.09. The first-order valence-electron chi connectivity index (χ1n) is 9.59. The molecule has 1 heterocycles. The van der Waals surface area contributed by atoms with Crippen LogP contribution in [0, 0.1) is 11.6 Å². The standard InChI is InChI=1S/C21H24F2N4O2/c22-18-8-7-16(15-19(18)23)25-21(29)20(28)24-9-4-10-26-11-13-27(14-12-26)17-5-2-1-3-6-17/h1-3,5-8,15H,4,9-14H2,(H,24,28)(H,25,29). The van der Waals surface area contributed by atoms with Crippen molar-refractivity contribution in [2.45, 2.75) is 6.42 Å². The van der Waals surface area contributed by atoms with E-state index in [1.165, 1.54) is 11.8 Å². The van der Waals surface area contributed by atoms with E-state index in [-0.39, 0.29) is 5.69 Å². The molecule has 0 spiro atoms. The second-order valence-electron chi connectivity index (χ2n) is 6.86. The maximum absolute atomic E-state index is 13.1. The third-order valence-electron chi connectivity index (χ3n) is 4.81. The van der Waals surface area contributed by atoms with Crippen molar-refractivity contribution in [1.29, 1.82) is 0 Å². The van der Waals surface area contributed by atoms with E-state index in [0.717, 1.165) is 51.3 Å². The fraction of sp³-hybridized carbons (Fsp3) is 0.333. The van der Waals surface area contributed by atoms with Crippen LogP contribution in [0.2, 0.25) is 0 Å². The van der Waals surface area contributed by atoms with Crippen LogP contribution in [0.5, 0.6) is 0 Å². The van der Waals surface area contributed by atoms with E-state index in [4.69, 9.17) is 0 Å². The Morgan fingerprint density at radius 1 is 0.897 bits per heavy atom. The summed E-state index contributed by atoms with van der Waals surface area (Å²) in [6, 6.07) is 13.2. The quantitative estimate of drug-likeness (QED) is 0.575. The number of piperazine rings is 1. The highest BCUT2D eigenvalue weighted by Crippen LogP contribution is 2.15. The van der Waals surface area contributed by atoms with Gasteiger partial charge in [0.15, 0.2) is 11.6 Å². The third kappa shape index (κ3) is 5.99. The van der Waals surface area contributed by atoms with Crippen molar-refractivity contribution >= 4 is 23.2 Å². The van der Waals surface area contributed by atoms with Gasteiger partial charge in [0, 0.05) is 50.2 Å². The summed E-state index contributed by atoms with van der Waals surface area (Å²) in [5.41, 5.74) is 1.26. The van der Waals surface area contributed by atoms with Gasteiger partial charge in [-0.2, -0.15) is 0 Å². The molecule has 8 heteroatoms. The van der Waals surface area contributed by atoms with Gasteiger partial charge in [-0.25, -0.2) is 8.78 Å². The number of halogens is 2. The molecule has 0 atom stereocenters. The largest absolute Gasteiger partial charge is 0.369 e. The van der Waals surface area contributed by atoms with Crippen molar-refractivity contribution in [3.63, 3.8) is 0 Å². The Balaban J connectivity index is 1.32. The van der Waals surface area contributed by atoms with Crippen molar-refractivity contribution in [2.24, 2.45) is 0 Å². The molecule has 0 aliphatic carbocycles. The maximum Gasteiger partial charge on any atom is 0.313 e. The molecule has 2 N–H and O–H groups in total. The Bertz CT molecular complexity index is 840. The zero-order valence-electron chi connectivity index (χ0n) is 16.0. The van der Waals surface area contributed by atoms with Gasteiger partial charge in [-0.05, 0) is 37.2 Å². The van der Waals surface area contributed by atoms with Crippen LogP contribution in [0.1, 0.15) is 6.42 Å². The van der Waals surface area contributed by atoms with Gasteiger partial charge in [-0.15, -0.1) is 0 Å². The topological polar surface area (TPSA) is 64.7 Å². The highest BCUT2D eigenvalue weighted by Gasteiger charge is 2.17. The molecule has 1 aliphatic rings. The van der Waals surface area contributed by atoms with Crippen LogP contribution < -0.4 is 15.5 Å². The lowest BCUT2D eigenvalue weighted by Gasteiger charge is -2.36. The number of para-hydroxylation sites is 1. The summed E-state index contributed by atoms with van der Waals surface area (Å²) in [6.45, 7) is 4.98. The lowest BCUT2D eigenvalue weighted by molar-refractivity contribution is -0.136. The van der Waals surface area contributed by atoms with E-state index in [2.05, 4.69) is 32.6 Å². The fourth-order valence-electron chi connectivity index (χ4n) is 3.22. The second-order valence-corrected chi connectivity index (χ2v) is 6.86. The van der Waals surface area contributed by atoms with E-state index in [9.17, 15) is 18.4 Å². The first-order chi connectivity index (χ1) is 14.0. The van der Waals surface area contributed by atoms with Crippen molar-refractivity contribution < 1.29 is 18.4 Å². The Labute approximate surface area is 168 Å². The zero-order valence-corrected chi connectivity index (χ0v) is 16.0. The fourth-order valence-corrected chi connectivity index (χ4v) is 3.22. The summed E-state index contributed by atoms with van der Waals surface area (Å²) in [6.07, 6.45) is 0.718. The maximum atomic E-state index is 13.1. The number of nitrogens with one attached hydrogen (secondary N) is 2. The molecule has 0 radical (unpaired) electrons. The summed E-state index contributed by atoms with van der Waals surface area (Å²) < 4.78 is 26.0. The van der Waals surface area contributed by atoms with Gasteiger partial charge >= 0.3 is 11.8 Å². The molecule has 0 aromatic heterocycles. The number of carbonyl (C=O) groups excluding carboxylic acids is 2. The van der Waals surface area contributed by atoms with Crippen molar-refractivity contribution in [2.75, 3.05) is 49.5 Å². The SMILES string of the molecule is O=C(NCCCN1CCN(c2ccccc2)CC1)C(=O)Nc1ccc(F)c(F)c1. The molecule has 1 saturated heterocycles. The number of nitrogens with zero attached hydrogens (tertiary/aromatic N) is 2. The molecular formula is C21H24F2N4O2. The zero-order chi connectivity index (χ0) is 20.6. The predicted molar refractivity (Wildman–Crippen MR) is 108 cm³/mol. The molecule has 2 amide bonds. The average molecular weight is 402 g/mol. The van der Waals surface area contributed by atoms with Crippen molar-refractivity contribution in [1.82, 2.24) is 10.2 Å². The molecule has 154 valence electrons. The number of rotatable bonds is 6. The summed E-state index contributed by atoms with van der Waals surface area (Å²) in [5.74, 6) is -3.82. The number of hydrogen-bond acceptors (Lipinski definition) is 4. The molecule has 29 heavy (non-hydrogen) atoms. The normalized spacial score (nSPS) is 14.5. The monoisotopic (exact) mass is 402 g/mol. The van der Waals surface area contributed by atoms with Crippen LogP contribution in [-0.4, -0.2) is 56.0 Å². The van der Waals surface area contributed by atoms with Gasteiger partial charge in [0.05, 0.1) is 0 Å². The van der Waals surface area contributed by atoms with Crippen LogP contribution in [0.3, 0.4) is 0 Å². The van der Waals surface area contributed by atoms with Crippen LogP contribution in [-0.2, 0) is 9.59 Å². The number of benzene rings is 2. The molecule has 0 saturated carbocycles. The third-order valence-corrected chi connectivity index (χ3v) is 4.81. The minimum Gasteiger partial charge on any atom is -0.369 e. The Kier molecular flexibility index (Phi) is 7.13. The van der Waals surface area contributed by atoms with E-state index in [1.54, 1.807) is 0 Å². The van der Waals surface area contributed by atoms with Gasteiger partial charge in [0.2, 0.25) is 0 Å². The number of hydrogen-bond donors (Lipinski definition) is 2. The Hall–Kier alpha value is -3.00. The van der Waals surface area contributed by atoms with E-state index < -0.39 is 23.4 Å². The van der Waals surface area contributed by atoms with E-state index in [1.807, 2.05) is 18.2 Å². The molecule has 0 bridgehead atoms. The first kappa shape index (κ1) is 20.7. The molecular weight excluding hydrogens is 378 g/mol. The Morgan fingerprint density at radius 3 is 2.31 bits per heavy atom. The molecule has 6 nitrogen and oxygen atoms in total. The average Bonchev–Trinajstić information content (AvgIpc) is 2.74. The Morgan fingerprint density at radius 2 is 1.62 bits per heavy atom. The first-order valence-corrected chi connectivity index (χ1v) is 9.59. The van der Waals surface area contributed by atoms with E-state index >= 15 is 0 Å². The summed E-state index contributed by atoms with van der Waals surface area (Å²) in [5, 5.41) is 4.79. The van der Waals surface area contributed by atoms with Crippen molar-refractivity contribution in [3.8, 4) is 0 Å². The molecule has 2 aromatic rings. The number of amides is 2. The van der Waals surface area contributed by atoms with Gasteiger partial charge < -0.3 is 15.5 Å². The molecule has 2 aromatic carbocycles. The summed E-state index contributed by atoms with van der Waals surface area (Å²) in [4.78, 5) is 28.3. The lowest BCUT2D eigenvalue weighted by atomic mass is 10.2. The van der Waals surface area contributed by atoms with Gasteiger partial charge in [0.1, 0.15) is 0 Å². The molecule has 0 unspecified atom stereocenters. The summed E-state index contributed by atoms with van der Waals surface area (Å²) >= 11 is 0. The van der Waals surface area contributed by atoms with Crippen LogP contribution >= 0.6 is 0 Å². The molecule has 3 rings (SSSR count). The van der Waals surface area contributed by atoms with Gasteiger partial charge in [0.25, 0.3) is 0 Å². The van der Waals surface area contributed by atoms with Crippen LogP contribution in [0.25, 0.3) is 0 Å². The van der Waals surface area contributed by atoms with E-state index in [0.29, 0.717) is 6.54 Å².